The Balaban J connectivity index is 1.72. The topological polar surface area (TPSA) is 79.3 Å². The first kappa shape index (κ1) is 20.8. The first-order valence-electron chi connectivity index (χ1n) is 10.2. The lowest BCUT2D eigenvalue weighted by Crippen LogP contribution is -2.53. The lowest BCUT2D eigenvalue weighted by atomic mass is 10.1. The third-order valence-electron chi connectivity index (χ3n) is 5.40. The molecule has 160 valence electrons. The van der Waals surface area contributed by atoms with Crippen molar-refractivity contribution in [2.45, 2.75) is 19.4 Å². The first-order chi connectivity index (χ1) is 14.6. The summed E-state index contributed by atoms with van der Waals surface area (Å²) in [5, 5.41) is 4.57. The number of anilines is 2. The second kappa shape index (κ2) is 9.11. The van der Waals surface area contributed by atoms with Gasteiger partial charge in [-0.3, -0.25) is 4.90 Å². The molecule has 1 saturated heterocycles. The van der Waals surface area contributed by atoms with E-state index in [1.165, 1.54) is 11.3 Å². The molecule has 9 heteroatoms. The number of ether oxygens (including phenoxy) is 2. The minimum atomic E-state index is -0.402. The molecule has 0 radical (unpaired) electrons. The Morgan fingerprint density at radius 1 is 1.33 bits per heavy atom. The molecule has 1 N–H and O–H groups in total. The van der Waals surface area contributed by atoms with Gasteiger partial charge in [0, 0.05) is 39.4 Å². The number of nitrogens with zero attached hydrogens (tertiary/aromatic N) is 4. The van der Waals surface area contributed by atoms with Gasteiger partial charge in [-0.15, -0.1) is 0 Å². The number of likely N-dealkylation sites (N-methyl/N-ethyl adjacent to an activating group) is 1. The van der Waals surface area contributed by atoms with Crippen molar-refractivity contribution in [3.05, 3.63) is 35.0 Å². The maximum absolute atomic E-state index is 12.3. The molecule has 1 unspecified atom stereocenters. The predicted octanol–water partition coefficient (Wildman–Crippen LogP) is 3.11. The van der Waals surface area contributed by atoms with Crippen LogP contribution in [0.15, 0.2) is 29.3 Å². The van der Waals surface area contributed by atoms with Gasteiger partial charge in [0.25, 0.3) is 0 Å². The highest BCUT2D eigenvalue weighted by Crippen LogP contribution is 2.38. The summed E-state index contributed by atoms with van der Waals surface area (Å²) >= 11 is 1.31. The van der Waals surface area contributed by atoms with E-state index in [9.17, 15) is 4.79 Å². The first-order valence-corrected chi connectivity index (χ1v) is 11.0. The number of aliphatic imine (C=N–C) groups is 1. The van der Waals surface area contributed by atoms with Crippen molar-refractivity contribution in [2.24, 2.45) is 4.99 Å². The second-order valence-electron chi connectivity index (χ2n) is 7.36. The van der Waals surface area contributed by atoms with E-state index in [2.05, 4.69) is 27.1 Å². The van der Waals surface area contributed by atoms with Crippen molar-refractivity contribution in [2.75, 3.05) is 52.3 Å². The molecule has 0 aliphatic carbocycles. The number of hydrogen-bond acceptors (Lipinski definition) is 9. The summed E-state index contributed by atoms with van der Waals surface area (Å²) in [6.07, 6.45) is 0.948. The largest absolute Gasteiger partial charge is 0.461 e. The summed E-state index contributed by atoms with van der Waals surface area (Å²) in [5.74, 6) is 0.395. The maximum atomic E-state index is 12.3. The van der Waals surface area contributed by atoms with E-state index in [1.807, 2.05) is 24.3 Å². The molecule has 30 heavy (non-hydrogen) atoms. The summed E-state index contributed by atoms with van der Waals surface area (Å²) in [7, 11) is 3.88. The van der Waals surface area contributed by atoms with Gasteiger partial charge in [-0.25, -0.2) is 14.8 Å². The van der Waals surface area contributed by atoms with Crippen LogP contribution in [-0.2, 0) is 9.47 Å². The van der Waals surface area contributed by atoms with Crippen LogP contribution in [0.25, 0.3) is 0 Å². The van der Waals surface area contributed by atoms with Crippen LogP contribution in [0.3, 0.4) is 0 Å². The van der Waals surface area contributed by atoms with Crippen LogP contribution in [-0.4, -0.2) is 79.6 Å². The molecule has 0 amide bonds. The number of rotatable bonds is 5. The molecule has 1 aromatic carbocycles. The number of piperazine rings is 1. The van der Waals surface area contributed by atoms with Gasteiger partial charge < -0.3 is 19.7 Å². The molecular formula is C21H27N5O3S. The van der Waals surface area contributed by atoms with Gasteiger partial charge in [-0.05, 0) is 32.5 Å². The Hall–Kier alpha value is -2.49. The number of benzene rings is 1. The maximum Gasteiger partial charge on any atom is 0.367 e. The van der Waals surface area contributed by atoms with Gasteiger partial charge in [0.1, 0.15) is 10.7 Å². The quantitative estimate of drug-likeness (QED) is 0.732. The van der Waals surface area contributed by atoms with Crippen molar-refractivity contribution in [1.29, 1.82) is 0 Å². The van der Waals surface area contributed by atoms with E-state index in [0.29, 0.717) is 30.0 Å². The molecule has 1 fully saturated rings. The summed E-state index contributed by atoms with van der Waals surface area (Å²) in [5.41, 5.74) is 2.47. The second-order valence-corrected chi connectivity index (χ2v) is 8.36. The van der Waals surface area contributed by atoms with Crippen molar-refractivity contribution in [3.8, 4) is 0 Å². The minimum Gasteiger partial charge on any atom is -0.461 e. The Morgan fingerprint density at radius 2 is 2.17 bits per heavy atom. The number of carbonyl (C=O) groups is 1. The van der Waals surface area contributed by atoms with Gasteiger partial charge in [0.05, 0.1) is 18.0 Å². The highest BCUT2D eigenvalue weighted by molar-refractivity contribution is 7.18. The average Bonchev–Trinajstić information content (AvgIpc) is 3.10. The molecule has 0 saturated carbocycles. The fraction of sp³-hybridized carbons (Fsp3) is 0.476. The molecular weight excluding hydrogens is 402 g/mol. The van der Waals surface area contributed by atoms with Gasteiger partial charge in [0.2, 0.25) is 5.01 Å². The van der Waals surface area contributed by atoms with Crippen LogP contribution in [0, 0.1) is 0 Å². The molecule has 1 atom stereocenters. The zero-order valence-electron chi connectivity index (χ0n) is 17.6. The highest BCUT2D eigenvalue weighted by atomic mass is 32.1. The third kappa shape index (κ3) is 4.19. The SMILES string of the molecule is CCOC(=O)c1nc2c(s1)Nc1ccccc1N=C2N1CCN(C)C(CCOC)C1. The molecule has 2 aliphatic rings. The number of carbonyl (C=O) groups excluding carboxylic acids is 1. The van der Waals surface area contributed by atoms with E-state index in [0.717, 1.165) is 48.3 Å². The minimum absolute atomic E-state index is 0.319. The predicted molar refractivity (Wildman–Crippen MR) is 118 cm³/mol. The summed E-state index contributed by atoms with van der Waals surface area (Å²) < 4.78 is 10.5. The zero-order chi connectivity index (χ0) is 21.1. The van der Waals surface area contributed by atoms with E-state index in [4.69, 9.17) is 14.5 Å². The van der Waals surface area contributed by atoms with Gasteiger partial charge in [-0.1, -0.05) is 23.5 Å². The Morgan fingerprint density at radius 3 is 2.97 bits per heavy atom. The number of thiazole rings is 1. The molecule has 0 spiro atoms. The van der Waals surface area contributed by atoms with E-state index in [1.54, 1.807) is 14.0 Å². The van der Waals surface area contributed by atoms with Crippen LogP contribution in [0.5, 0.6) is 0 Å². The molecule has 2 aromatic rings. The number of esters is 1. The van der Waals surface area contributed by atoms with Crippen molar-refractivity contribution in [1.82, 2.24) is 14.8 Å². The number of para-hydroxylation sites is 2. The zero-order valence-corrected chi connectivity index (χ0v) is 18.4. The van der Waals surface area contributed by atoms with Crippen LogP contribution >= 0.6 is 11.3 Å². The Labute approximate surface area is 180 Å². The van der Waals surface area contributed by atoms with Crippen LogP contribution in [0.2, 0.25) is 0 Å². The number of fused-ring (bicyclic) bond motifs is 2. The number of aromatic nitrogens is 1. The average molecular weight is 430 g/mol. The number of nitrogens with one attached hydrogen (secondary N) is 1. The molecule has 1 aromatic heterocycles. The third-order valence-corrected chi connectivity index (χ3v) is 6.35. The summed E-state index contributed by atoms with van der Waals surface area (Å²) in [4.78, 5) is 26.6. The summed E-state index contributed by atoms with van der Waals surface area (Å²) in [6, 6.07) is 8.28. The Kier molecular flexibility index (Phi) is 6.31. The molecule has 0 bridgehead atoms. The van der Waals surface area contributed by atoms with Gasteiger partial charge in [0.15, 0.2) is 5.84 Å². The number of amidine groups is 1. The fourth-order valence-electron chi connectivity index (χ4n) is 3.73. The van der Waals surface area contributed by atoms with Crippen LogP contribution in [0.4, 0.5) is 16.4 Å². The molecule has 4 rings (SSSR count). The van der Waals surface area contributed by atoms with Crippen molar-refractivity contribution >= 4 is 39.5 Å². The van der Waals surface area contributed by atoms with Crippen molar-refractivity contribution in [3.63, 3.8) is 0 Å². The van der Waals surface area contributed by atoms with Gasteiger partial charge >= 0.3 is 5.97 Å². The summed E-state index contributed by atoms with van der Waals surface area (Å²) in [6.45, 7) is 5.42. The van der Waals surface area contributed by atoms with Crippen LogP contribution in [0.1, 0.15) is 28.8 Å². The monoisotopic (exact) mass is 429 g/mol. The molecule has 2 aliphatic heterocycles. The fourth-order valence-corrected chi connectivity index (χ4v) is 4.59. The lowest BCUT2D eigenvalue weighted by molar-refractivity contribution is 0.0526. The molecule has 3 heterocycles. The standard InChI is InChI=1S/C21H27N5O3S/c1-4-29-21(27)20-24-17-18(26-11-10-25(2)14(13-26)9-12-28-3)22-15-7-5-6-8-16(15)23-19(17)30-20/h5-8,14,23H,4,9-13H2,1-3H3. The lowest BCUT2D eigenvalue weighted by Gasteiger charge is -2.40. The molecule has 8 nitrogen and oxygen atoms in total. The normalized spacial score (nSPS) is 18.7. The number of hydrogen-bond donors (Lipinski definition) is 1. The Bertz CT molecular complexity index is 944. The number of methoxy groups -OCH3 is 1. The van der Waals surface area contributed by atoms with E-state index < -0.39 is 5.97 Å². The van der Waals surface area contributed by atoms with E-state index >= 15 is 0 Å². The van der Waals surface area contributed by atoms with Crippen LogP contribution < -0.4 is 5.32 Å². The smallest absolute Gasteiger partial charge is 0.367 e. The highest BCUT2D eigenvalue weighted by Gasteiger charge is 2.32. The van der Waals surface area contributed by atoms with Crippen molar-refractivity contribution < 1.29 is 14.3 Å². The van der Waals surface area contributed by atoms with E-state index in [-0.39, 0.29) is 0 Å². The van der Waals surface area contributed by atoms with Gasteiger partial charge in [-0.2, -0.15) is 0 Å².